The van der Waals surface area contributed by atoms with Crippen LogP contribution in [-0.2, 0) is 9.53 Å². The topological polar surface area (TPSA) is 75.6 Å². The fourth-order valence-corrected chi connectivity index (χ4v) is 1.96. The van der Waals surface area contributed by atoms with E-state index in [0.717, 1.165) is 25.7 Å². The maximum atomic E-state index is 11.6. The lowest BCUT2D eigenvalue weighted by molar-refractivity contribution is -0.142. The Kier molecular flexibility index (Phi) is 4.37. The Bertz CT molecular complexity index is 289. The number of carbonyl (C=O) groups is 2. The van der Waals surface area contributed by atoms with Gasteiger partial charge in [-0.25, -0.2) is 9.59 Å². The van der Waals surface area contributed by atoms with Crippen LogP contribution in [0.3, 0.4) is 0 Å². The van der Waals surface area contributed by atoms with Crippen molar-refractivity contribution in [3.63, 3.8) is 0 Å². The molecule has 1 rings (SSSR count). The third-order valence-electron chi connectivity index (χ3n) is 2.95. The van der Waals surface area contributed by atoms with E-state index in [1.165, 1.54) is 0 Å². The summed E-state index contributed by atoms with van der Waals surface area (Å²) in [6.07, 6.45) is 3.21. The fourth-order valence-electron chi connectivity index (χ4n) is 1.96. The van der Waals surface area contributed by atoms with Gasteiger partial charge in [-0.1, -0.05) is 20.8 Å². The summed E-state index contributed by atoms with van der Waals surface area (Å²) in [4.78, 5) is 22.6. The van der Waals surface area contributed by atoms with Gasteiger partial charge in [0.15, 0.2) is 0 Å². The third-order valence-corrected chi connectivity index (χ3v) is 2.95. The molecule has 0 heterocycles. The normalized spacial score (nSPS) is 18.8. The van der Waals surface area contributed by atoms with Gasteiger partial charge in [-0.2, -0.15) is 0 Å². The molecule has 17 heavy (non-hydrogen) atoms. The Morgan fingerprint density at radius 3 is 2.24 bits per heavy atom. The number of carboxylic acid groups (broad SMARTS) is 1. The number of ether oxygens (including phenoxy) is 1. The first-order valence-corrected chi connectivity index (χ1v) is 6.00. The van der Waals surface area contributed by atoms with E-state index in [0.29, 0.717) is 0 Å². The van der Waals surface area contributed by atoms with Crippen LogP contribution in [-0.4, -0.2) is 29.3 Å². The van der Waals surface area contributed by atoms with E-state index in [2.05, 4.69) is 5.32 Å². The van der Waals surface area contributed by atoms with Gasteiger partial charge in [0.2, 0.25) is 0 Å². The molecule has 0 aromatic rings. The molecule has 0 aromatic carbocycles. The van der Waals surface area contributed by atoms with Gasteiger partial charge in [-0.05, 0) is 31.1 Å². The summed E-state index contributed by atoms with van der Waals surface area (Å²) >= 11 is 0. The second kappa shape index (κ2) is 5.38. The molecular weight excluding hydrogens is 222 g/mol. The van der Waals surface area contributed by atoms with E-state index < -0.39 is 23.5 Å². The van der Waals surface area contributed by atoms with Gasteiger partial charge in [0, 0.05) is 0 Å². The van der Waals surface area contributed by atoms with Crippen molar-refractivity contribution in [2.75, 3.05) is 0 Å². The number of hydrogen-bond donors (Lipinski definition) is 2. The Hall–Kier alpha value is -1.26. The Balaban J connectivity index is 2.49. The highest BCUT2D eigenvalue weighted by Crippen LogP contribution is 2.22. The summed E-state index contributed by atoms with van der Waals surface area (Å²) in [7, 11) is 0. The van der Waals surface area contributed by atoms with Crippen molar-refractivity contribution in [1.82, 2.24) is 5.32 Å². The average molecular weight is 243 g/mol. The Labute approximate surface area is 102 Å². The van der Waals surface area contributed by atoms with Crippen LogP contribution in [0.25, 0.3) is 0 Å². The van der Waals surface area contributed by atoms with Crippen LogP contribution in [0, 0.1) is 5.41 Å². The standard InChI is InChI=1S/C12H21NO4/c1-12(2,3)9(10(14)15)13-11(16)17-8-6-4-5-7-8/h8-9H,4-7H2,1-3H3,(H,13,16)(H,14,15)/t9-/m1/s1. The molecular formula is C12H21NO4. The van der Waals surface area contributed by atoms with Crippen molar-refractivity contribution in [2.24, 2.45) is 5.41 Å². The smallest absolute Gasteiger partial charge is 0.408 e. The number of carbonyl (C=O) groups excluding carboxylic acids is 1. The van der Waals surface area contributed by atoms with E-state index in [1.54, 1.807) is 20.8 Å². The van der Waals surface area contributed by atoms with E-state index in [-0.39, 0.29) is 6.10 Å². The Morgan fingerprint density at radius 1 is 1.29 bits per heavy atom. The average Bonchev–Trinajstić information content (AvgIpc) is 2.64. The number of aliphatic carboxylic acids is 1. The summed E-state index contributed by atoms with van der Waals surface area (Å²) in [6.45, 7) is 5.30. The highest BCUT2D eigenvalue weighted by molar-refractivity contribution is 5.80. The van der Waals surface area contributed by atoms with E-state index in [9.17, 15) is 9.59 Å². The monoisotopic (exact) mass is 243 g/mol. The van der Waals surface area contributed by atoms with Crippen LogP contribution in [0.1, 0.15) is 46.5 Å². The minimum atomic E-state index is -1.04. The zero-order valence-corrected chi connectivity index (χ0v) is 10.7. The second-order valence-corrected chi connectivity index (χ2v) is 5.59. The van der Waals surface area contributed by atoms with Crippen molar-refractivity contribution < 1.29 is 19.4 Å². The molecule has 0 saturated heterocycles. The number of alkyl carbamates (subject to hydrolysis) is 1. The second-order valence-electron chi connectivity index (χ2n) is 5.59. The lowest BCUT2D eigenvalue weighted by Crippen LogP contribution is -2.49. The summed E-state index contributed by atoms with van der Waals surface area (Å²) in [5.41, 5.74) is -0.541. The minimum Gasteiger partial charge on any atom is -0.480 e. The first-order valence-electron chi connectivity index (χ1n) is 6.00. The van der Waals surface area contributed by atoms with Crippen molar-refractivity contribution in [3.8, 4) is 0 Å². The maximum Gasteiger partial charge on any atom is 0.408 e. The zero-order valence-electron chi connectivity index (χ0n) is 10.7. The molecule has 0 bridgehead atoms. The van der Waals surface area contributed by atoms with Crippen molar-refractivity contribution >= 4 is 12.1 Å². The molecule has 98 valence electrons. The quantitative estimate of drug-likeness (QED) is 0.796. The van der Waals surface area contributed by atoms with Gasteiger partial charge in [0.1, 0.15) is 12.1 Å². The molecule has 5 nitrogen and oxygen atoms in total. The lowest BCUT2D eigenvalue weighted by atomic mass is 9.87. The van der Waals surface area contributed by atoms with Crippen molar-refractivity contribution in [3.05, 3.63) is 0 Å². The summed E-state index contributed by atoms with van der Waals surface area (Å²) in [5.74, 6) is -1.04. The van der Waals surface area contributed by atoms with Crippen LogP contribution in [0.5, 0.6) is 0 Å². The first-order chi connectivity index (χ1) is 7.80. The van der Waals surface area contributed by atoms with Gasteiger partial charge >= 0.3 is 12.1 Å². The molecule has 1 amide bonds. The number of nitrogens with one attached hydrogen (secondary N) is 1. The SMILES string of the molecule is CC(C)(C)[C@H](NC(=O)OC1CCCC1)C(=O)O. The molecule has 0 spiro atoms. The minimum absolute atomic E-state index is 0.0515. The molecule has 1 fully saturated rings. The molecule has 1 aliphatic carbocycles. The van der Waals surface area contributed by atoms with E-state index in [4.69, 9.17) is 9.84 Å². The highest BCUT2D eigenvalue weighted by atomic mass is 16.6. The predicted molar refractivity (Wildman–Crippen MR) is 62.8 cm³/mol. The predicted octanol–water partition coefficient (Wildman–Crippen LogP) is 2.15. The lowest BCUT2D eigenvalue weighted by Gasteiger charge is -2.27. The molecule has 2 N–H and O–H groups in total. The van der Waals surface area contributed by atoms with Gasteiger partial charge in [-0.3, -0.25) is 0 Å². The zero-order chi connectivity index (χ0) is 13.1. The van der Waals surface area contributed by atoms with Crippen molar-refractivity contribution in [2.45, 2.75) is 58.6 Å². The number of carboxylic acids is 1. The van der Waals surface area contributed by atoms with Gasteiger partial charge in [-0.15, -0.1) is 0 Å². The van der Waals surface area contributed by atoms with Crippen molar-refractivity contribution in [1.29, 1.82) is 0 Å². The molecule has 1 saturated carbocycles. The number of hydrogen-bond acceptors (Lipinski definition) is 3. The molecule has 1 aliphatic rings. The van der Waals surface area contributed by atoms with E-state index >= 15 is 0 Å². The molecule has 1 atom stereocenters. The summed E-state index contributed by atoms with van der Waals surface area (Å²) in [6, 6.07) is -0.934. The first kappa shape index (κ1) is 13.8. The van der Waals surface area contributed by atoms with Gasteiger partial charge < -0.3 is 15.2 Å². The summed E-state index contributed by atoms with van der Waals surface area (Å²) in [5, 5.41) is 11.5. The van der Waals surface area contributed by atoms with E-state index in [1.807, 2.05) is 0 Å². The largest absolute Gasteiger partial charge is 0.480 e. The molecule has 0 radical (unpaired) electrons. The molecule has 5 heteroatoms. The van der Waals surface area contributed by atoms with Gasteiger partial charge in [0.05, 0.1) is 0 Å². The summed E-state index contributed by atoms with van der Waals surface area (Å²) < 4.78 is 5.17. The van der Waals surface area contributed by atoms with Crippen LogP contribution in [0.2, 0.25) is 0 Å². The number of rotatable bonds is 3. The van der Waals surface area contributed by atoms with Crippen LogP contribution in [0.4, 0.5) is 4.79 Å². The number of amides is 1. The maximum absolute atomic E-state index is 11.6. The van der Waals surface area contributed by atoms with Gasteiger partial charge in [0.25, 0.3) is 0 Å². The molecule has 0 unspecified atom stereocenters. The highest BCUT2D eigenvalue weighted by Gasteiger charge is 2.33. The van der Waals surface area contributed by atoms with Crippen LogP contribution in [0.15, 0.2) is 0 Å². The van der Waals surface area contributed by atoms with Crippen LogP contribution >= 0.6 is 0 Å². The van der Waals surface area contributed by atoms with Crippen LogP contribution < -0.4 is 5.32 Å². The fraction of sp³-hybridized carbons (Fsp3) is 0.833. The Morgan fingerprint density at radius 2 is 1.82 bits per heavy atom. The molecule has 0 aliphatic heterocycles. The molecule has 0 aromatic heterocycles. The third kappa shape index (κ3) is 4.24.